The SMILES string of the molecule is CC(N)c1ccc(N2C(=O)c3ccncc3C2=O)cc1. The van der Waals surface area contributed by atoms with Crippen molar-refractivity contribution in [2.75, 3.05) is 4.90 Å². The molecule has 100 valence electrons. The third-order valence-electron chi connectivity index (χ3n) is 3.37. The molecule has 2 heterocycles. The zero-order valence-corrected chi connectivity index (χ0v) is 10.9. The first-order chi connectivity index (χ1) is 9.59. The van der Waals surface area contributed by atoms with E-state index < -0.39 is 0 Å². The summed E-state index contributed by atoms with van der Waals surface area (Å²) in [5, 5.41) is 0. The molecule has 5 nitrogen and oxygen atoms in total. The zero-order chi connectivity index (χ0) is 14.3. The first-order valence-corrected chi connectivity index (χ1v) is 6.28. The number of hydrogen-bond donors (Lipinski definition) is 1. The fourth-order valence-corrected chi connectivity index (χ4v) is 2.25. The Morgan fingerprint density at radius 1 is 1.05 bits per heavy atom. The fraction of sp³-hybridized carbons (Fsp3) is 0.133. The molecule has 0 saturated heterocycles. The molecule has 0 aliphatic carbocycles. The van der Waals surface area contributed by atoms with Gasteiger partial charge in [0.15, 0.2) is 0 Å². The second-order valence-electron chi connectivity index (χ2n) is 4.75. The Morgan fingerprint density at radius 2 is 1.70 bits per heavy atom. The quantitative estimate of drug-likeness (QED) is 0.843. The van der Waals surface area contributed by atoms with Crippen LogP contribution in [-0.2, 0) is 0 Å². The van der Waals surface area contributed by atoms with Gasteiger partial charge in [0, 0.05) is 18.4 Å². The molecule has 2 aromatic rings. The van der Waals surface area contributed by atoms with Crippen LogP contribution in [-0.4, -0.2) is 16.8 Å². The largest absolute Gasteiger partial charge is 0.324 e. The van der Waals surface area contributed by atoms with Crippen molar-refractivity contribution in [3.05, 3.63) is 59.4 Å². The maximum Gasteiger partial charge on any atom is 0.267 e. The van der Waals surface area contributed by atoms with Gasteiger partial charge in [-0.15, -0.1) is 0 Å². The molecule has 0 radical (unpaired) electrons. The molecule has 1 aromatic heterocycles. The summed E-state index contributed by atoms with van der Waals surface area (Å²) in [6.45, 7) is 1.88. The van der Waals surface area contributed by atoms with Crippen molar-refractivity contribution in [3.8, 4) is 0 Å². The van der Waals surface area contributed by atoms with E-state index in [1.807, 2.05) is 19.1 Å². The number of nitrogens with two attached hydrogens (primary N) is 1. The lowest BCUT2D eigenvalue weighted by Crippen LogP contribution is -2.29. The van der Waals surface area contributed by atoms with E-state index in [-0.39, 0.29) is 17.9 Å². The van der Waals surface area contributed by atoms with E-state index in [9.17, 15) is 9.59 Å². The van der Waals surface area contributed by atoms with Crippen molar-refractivity contribution in [2.45, 2.75) is 13.0 Å². The summed E-state index contributed by atoms with van der Waals surface area (Å²) in [6.07, 6.45) is 2.93. The number of rotatable bonds is 2. The van der Waals surface area contributed by atoms with Gasteiger partial charge in [-0.2, -0.15) is 0 Å². The molecule has 0 spiro atoms. The van der Waals surface area contributed by atoms with Crippen LogP contribution in [0, 0.1) is 0 Å². The van der Waals surface area contributed by atoms with Crippen LogP contribution in [0.1, 0.15) is 39.2 Å². The second-order valence-corrected chi connectivity index (χ2v) is 4.75. The fourth-order valence-electron chi connectivity index (χ4n) is 2.25. The molecular formula is C15H13N3O2. The summed E-state index contributed by atoms with van der Waals surface area (Å²) < 4.78 is 0. The molecule has 2 N–H and O–H groups in total. The summed E-state index contributed by atoms with van der Waals surface area (Å²) in [5.74, 6) is -0.660. The third-order valence-corrected chi connectivity index (χ3v) is 3.37. The number of benzene rings is 1. The van der Waals surface area contributed by atoms with Crippen molar-refractivity contribution < 1.29 is 9.59 Å². The van der Waals surface area contributed by atoms with Crippen LogP contribution in [0.25, 0.3) is 0 Å². The Hall–Kier alpha value is -2.53. The number of hydrogen-bond acceptors (Lipinski definition) is 4. The van der Waals surface area contributed by atoms with Gasteiger partial charge in [0.25, 0.3) is 11.8 Å². The standard InChI is InChI=1S/C15H13N3O2/c1-9(16)10-2-4-11(5-3-10)18-14(19)12-6-7-17-8-13(12)15(18)20/h2-9H,16H2,1H3. The topological polar surface area (TPSA) is 76.3 Å². The number of carbonyl (C=O) groups excluding carboxylic acids is 2. The number of anilines is 1. The van der Waals surface area contributed by atoms with Gasteiger partial charge in [0.1, 0.15) is 0 Å². The van der Waals surface area contributed by atoms with Gasteiger partial charge in [-0.3, -0.25) is 14.6 Å². The number of aromatic nitrogens is 1. The molecule has 20 heavy (non-hydrogen) atoms. The van der Waals surface area contributed by atoms with Gasteiger partial charge in [-0.1, -0.05) is 12.1 Å². The number of imide groups is 1. The van der Waals surface area contributed by atoms with E-state index in [1.54, 1.807) is 18.2 Å². The predicted molar refractivity (Wildman–Crippen MR) is 74.4 cm³/mol. The van der Waals surface area contributed by atoms with E-state index >= 15 is 0 Å². The lowest BCUT2D eigenvalue weighted by atomic mass is 10.1. The highest BCUT2D eigenvalue weighted by atomic mass is 16.2. The Balaban J connectivity index is 2.00. The molecule has 3 rings (SSSR count). The van der Waals surface area contributed by atoms with Crippen molar-refractivity contribution in [1.82, 2.24) is 4.98 Å². The monoisotopic (exact) mass is 267 g/mol. The molecule has 0 bridgehead atoms. The summed E-state index contributed by atoms with van der Waals surface area (Å²) >= 11 is 0. The average Bonchev–Trinajstić information content (AvgIpc) is 2.72. The van der Waals surface area contributed by atoms with Crippen LogP contribution in [0.3, 0.4) is 0 Å². The number of pyridine rings is 1. The number of carbonyl (C=O) groups is 2. The van der Waals surface area contributed by atoms with Gasteiger partial charge >= 0.3 is 0 Å². The molecule has 1 atom stereocenters. The summed E-state index contributed by atoms with van der Waals surface area (Å²) in [5.41, 5.74) is 8.01. The molecular weight excluding hydrogens is 254 g/mol. The normalized spacial score (nSPS) is 15.4. The first kappa shape index (κ1) is 12.5. The molecule has 2 amide bonds. The molecule has 1 aliphatic rings. The first-order valence-electron chi connectivity index (χ1n) is 6.28. The van der Waals surface area contributed by atoms with Gasteiger partial charge in [0.05, 0.1) is 16.8 Å². The lowest BCUT2D eigenvalue weighted by Gasteiger charge is -2.15. The minimum absolute atomic E-state index is 0.0876. The van der Waals surface area contributed by atoms with Crippen molar-refractivity contribution in [1.29, 1.82) is 0 Å². The Labute approximate surface area is 116 Å². The van der Waals surface area contributed by atoms with Crippen LogP contribution < -0.4 is 10.6 Å². The number of amides is 2. The van der Waals surface area contributed by atoms with Crippen LogP contribution >= 0.6 is 0 Å². The molecule has 5 heteroatoms. The zero-order valence-electron chi connectivity index (χ0n) is 10.9. The van der Waals surface area contributed by atoms with E-state index in [0.717, 1.165) is 10.5 Å². The summed E-state index contributed by atoms with van der Waals surface area (Å²) in [7, 11) is 0. The minimum atomic E-state index is -0.341. The molecule has 1 aromatic carbocycles. The average molecular weight is 267 g/mol. The number of nitrogens with zero attached hydrogens (tertiary/aromatic N) is 2. The highest BCUT2D eigenvalue weighted by Gasteiger charge is 2.36. The van der Waals surface area contributed by atoms with Crippen LogP contribution in [0.15, 0.2) is 42.7 Å². The van der Waals surface area contributed by atoms with Gasteiger partial charge in [-0.25, -0.2) is 4.90 Å². The second kappa shape index (κ2) is 4.54. The third kappa shape index (κ3) is 1.80. The van der Waals surface area contributed by atoms with E-state index in [1.165, 1.54) is 12.4 Å². The van der Waals surface area contributed by atoms with E-state index in [4.69, 9.17) is 5.73 Å². The summed E-state index contributed by atoms with van der Waals surface area (Å²) in [6, 6.07) is 8.58. The Morgan fingerprint density at radius 3 is 2.30 bits per heavy atom. The maximum absolute atomic E-state index is 12.3. The van der Waals surface area contributed by atoms with E-state index in [2.05, 4.69) is 4.98 Å². The number of fused-ring (bicyclic) bond motifs is 1. The van der Waals surface area contributed by atoms with E-state index in [0.29, 0.717) is 16.8 Å². The smallest absolute Gasteiger partial charge is 0.267 e. The van der Waals surface area contributed by atoms with Crippen molar-refractivity contribution in [3.63, 3.8) is 0 Å². The highest BCUT2D eigenvalue weighted by molar-refractivity contribution is 6.34. The van der Waals surface area contributed by atoms with Gasteiger partial charge in [-0.05, 0) is 30.7 Å². The van der Waals surface area contributed by atoms with Crippen molar-refractivity contribution >= 4 is 17.5 Å². The molecule has 1 aliphatic heterocycles. The predicted octanol–water partition coefficient (Wildman–Crippen LogP) is 1.90. The molecule has 0 saturated carbocycles. The lowest BCUT2D eigenvalue weighted by molar-refractivity contribution is 0.0926. The minimum Gasteiger partial charge on any atom is -0.324 e. The molecule has 1 unspecified atom stereocenters. The van der Waals surface area contributed by atoms with Crippen LogP contribution in [0.2, 0.25) is 0 Å². The van der Waals surface area contributed by atoms with Crippen LogP contribution in [0.4, 0.5) is 5.69 Å². The molecule has 0 fully saturated rings. The Kier molecular flexibility index (Phi) is 2.84. The van der Waals surface area contributed by atoms with Crippen molar-refractivity contribution in [2.24, 2.45) is 5.73 Å². The maximum atomic E-state index is 12.3. The van der Waals surface area contributed by atoms with Gasteiger partial charge < -0.3 is 5.73 Å². The van der Waals surface area contributed by atoms with Crippen LogP contribution in [0.5, 0.6) is 0 Å². The highest BCUT2D eigenvalue weighted by Crippen LogP contribution is 2.28. The van der Waals surface area contributed by atoms with Gasteiger partial charge in [0.2, 0.25) is 0 Å². The summed E-state index contributed by atoms with van der Waals surface area (Å²) in [4.78, 5) is 29.6. The Bertz CT molecular complexity index is 658.